The zero-order chi connectivity index (χ0) is 39.1. The number of carbonyl (C=O) groups is 3. The molecule has 19 heteroatoms. The summed E-state index contributed by atoms with van der Waals surface area (Å²) in [5.41, 5.74) is -13.1. The molecule has 0 saturated carbocycles. The average molecular weight is 761 g/mol. The maximum absolute atomic E-state index is 14.7. The van der Waals surface area contributed by atoms with Crippen molar-refractivity contribution in [3.05, 3.63) is 95.1 Å². The molecule has 2 aliphatic heterocycles. The SMILES string of the molecule is C=CCOC(=O)N1CC2(Cc3cc(C(F)(F)F)cc(C(F)(F)F)c3)CN(C(=O)OCC=C)CC(Cc3cc(C(F)(F)F)cc(C(F)(F)F)c3)(C1)C2=O. The van der Waals surface area contributed by atoms with Crippen LogP contribution in [0.2, 0.25) is 0 Å². The molecule has 2 aromatic carbocycles. The minimum absolute atomic E-state index is 0.168. The lowest BCUT2D eigenvalue weighted by atomic mass is 9.58. The smallest absolute Gasteiger partial charge is 0.416 e. The molecular formula is C33H28F12N2O5. The quantitative estimate of drug-likeness (QED) is 0.200. The third-order valence-corrected chi connectivity index (χ3v) is 8.48. The second-order valence-corrected chi connectivity index (χ2v) is 12.5. The van der Waals surface area contributed by atoms with Gasteiger partial charge in [-0.1, -0.05) is 25.3 Å². The first kappa shape index (κ1) is 40.1. The van der Waals surface area contributed by atoms with Gasteiger partial charge in [0.05, 0.1) is 33.1 Å². The Balaban J connectivity index is 1.98. The molecule has 0 atom stereocenters. The molecule has 0 aliphatic carbocycles. The van der Waals surface area contributed by atoms with Crippen LogP contribution < -0.4 is 0 Å². The molecule has 4 rings (SSSR count). The van der Waals surface area contributed by atoms with Crippen LogP contribution in [0.4, 0.5) is 62.3 Å². The number of likely N-dealkylation sites (tertiary alicyclic amines) is 2. The van der Waals surface area contributed by atoms with Crippen molar-refractivity contribution in [2.75, 3.05) is 39.4 Å². The molecule has 2 saturated heterocycles. The van der Waals surface area contributed by atoms with Crippen LogP contribution in [0.5, 0.6) is 0 Å². The zero-order valence-electron chi connectivity index (χ0n) is 26.7. The van der Waals surface area contributed by atoms with Gasteiger partial charge >= 0.3 is 36.9 Å². The van der Waals surface area contributed by atoms with Crippen LogP contribution in [0.25, 0.3) is 0 Å². The fourth-order valence-corrected chi connectivity index (χ4v) is 6.63. The first-order chi connectivity index (χ1) is 23.8. The van der Waals surface area contributed by atoms with Crippen molar-refractivity contribution in [2.45, 2.75) is 37.5 Å². The minimum Gasteiger partial charge on any atom is -0.445 e. The summed E-state index contributed by atoms with van der Waals surface area (Å²) < 4.78 is 176. The summed E-state index contributed by atoms with van der Waals surface area (Å²) in [6.45, 7) is 2.66. The van der Waals surface area contributed by atoms with Crippen molar-refractivity contribution in [2.24, 2.45) is 10.8 Å². The molecule has 2 aromatic rings. The summed E-state index contributed by atoms with van der Waals surface area (Å²) in [6.07, 6.45) is -23.4. The number of ketones is 1. The van der Waals surface area contributed by atoms with E-state index in [0.717, 1.165) is 22.0 Å². The predicted octanol–water partition coefficient (Wildman–Crippen LogP) is 8.37. The fraction of sp³-hybridized carbons (Fsp3) is 0.424. The van der Waals surface area contributed by atoms with Gasteiger partial charge in [-0.25, -0.2) is 9.59 Å². The number of ether oxygens (including phenoxy) is 2. The molecule has 2 aliphatic rings. The Labute approximate surface area is 287 Å². The van der Waals surface area contributed by atoms with E-state index in [-0.39, 0.29) is 12.1 Å². The zero-order valence-corrected chi connectivity index (χ0v) is 26.7. The number of piperidine rings is 2. The van der Waals surface area contributed by atoms with Gasteiger partial charge in [0.25, 0.3) is 0 Å². The van der Waals surface area contributed by atoms with Crippen LogP contribution in [0.15, 0.2) is 61.7 Å². The van der Waals surface area contributed by atoms with Gasteiger partial charge in [-0.2, -0.15) is 52.7 Å². The van der Waals surface area contributed by atoms with Crippen LogP contribution in [-0.2, 0) is 51.8 Å². The highest BCUT2D eigenvalue weighted by atomic mass is 19.4. The van der Waals surface area contributed by atoms with Gasteiger partial charge in [0.1, 0.15) is 13.2 Å². The normalized spacial score (nSPS) is 21.1. The summed E-state index contributed by atoms with van der Waals surface area (Å²) in [7, 11) is 0. The number of benzene rings is 2. The largest absolute Gasteiger partial charge is 0.445 e. The van der Waals surface area contributed by atoms with Crippen LogP contribution >= 0.6 is 0 Å². The van der Waals surface area contributed by atoms with Crippen molar-refractivity contribution in [3.63, 3.8) is 0 Å². The van der Waals surface area contributed by atoms with E-state index < -0.39 is 139 Å². The number of carbonyl (C=O) groups excluding carboxylic acids is 3. The van der Waals surface area contributed by atoms with Crippen molar-refractivity contribution in [1.29, 1.82) is 0 Å². The van der Waals surface area contributed by atoms with Crippen molar-refractivity contribution in [3.8, 4) is 0 Å². The maximum Gasteiger partial charge on any atom is 0.416 e. The number of nitrogens with zero attached hydrogens (tertiary/aromatic N) is 2. The Kier molecular flexibility index (Phi) is 10.8. The van der Waals surface area contributed by atoms with E-state index in [1.165, 1.54) is 0 Å². The van der Waals surface area contributed by atoms with E-state index in [1.807, 2.05) is 0 Å². The molecule has 2 bridgehead atoms. The second-order valence-electron chi connectivity index (χ2n) is 12.5. The molecule has 52 heavy (non-hydrogen) atoms. The predicted molar refractivity (Wildman–Crippen MR) is 156 cm³/mol. The number of hydrogen-bond donors (Lipinski definition) is 0. The first-order valence-corrected chi connectivity index (χ1v) is 15.0. The molecule has 2 amide bonds. The summed E-state index contributed by atoms with van der Waals surface area (Å²) in [4.78, 5) is 42.7. The fourth-order valence-electron chi connectivity index (χ4n) is 6.63. The summed E-state index contributed by atoms with van der Waals surface area (Å²) in [6, 6.07) is 0.963. The van der Waals surface area contributed by atoms with Gasteiger partial charge in [-0.05, 0) is 60.4 Å². The summed E-state index contributed by atoms with van der Waals surface area (Å²) in [5.74, 6) is -1.04. The Bertz CT molecular complexity index is 1530. The molecule has 2 fully saturated rings. The Morgan fingerprint density at radius 1 is 0.577 bits per heavy atom. The number of fused-ring (bicyclic) bond motifs is 2. The Morgan fingerprint density at radius 3 is 1.08 bits per heavy atom. The third-order valence-electron chi connectivity index (χ3n) is 8.48. The molecule has 0 radical (unpaired) electrons. The second kappa shape index (κ2) is 14.0. The van der Waals surface area contributed by atoms with Gasteiger partial charge < -0.3 is 19.3 Å². The van der Waals surface area contributed by atoms with Gasteiger partial charge in [-0.15, -0.1) is 0 Å². The molecule has 0 unspecified atom stereocenters. The van der Waals surface area contributed by atoms with Crippen LogP contribution in [0, 0.1) is 10.8 Å². The molecule has 2 heterocycles. The van der Waals surface area contributed by atoms with E-state index >= 15 is 0 Å². The molecule has 0 aromatic heterocycles. The first-order valence-electron chi connectivity index (χ1n) is 15.0. The minimum atomic E-state index is -5.32. The standard InChI is InChI=1S/C33H28F12N2O5/c1-3-5-51-26(49)46-15-28(13-19-7-21(30(34,35)36)11-22(8-19)31(37,38)39)17-47(27(50)52-6-4-2)18-29(16-46,25(28)48)14-20-9-23(32(40,41)42)12-24(10-20)33(43,44)45/h3-4,7-12H,1-2,5-6,13-18H2. The van der Waals surface area contributed by atoms with Crippen molar-refractivity contribution in [1.82, 2.24) is 9.80 Å². The Hall–Kier alpha value is -4.71. The number of rotatable bonds is 8. The topological polar surface area (TPSA) is 76.2 Å². The lowest BCUT2D eigenvalue weighted by Crippen LogP contribution is -2.72. The van der Waals surface area contributed by atoms with Gasteiger partial charge in [-0.3, -0.25) is 4.79 Å². The maximum atomic E-state index is 14.7. The van der Waals surface area contributed by atoms with Crippen LogP contribution in [0.3, 0.4) is 0 Å². The highest BCUT2D eigenvalue weighted by molar-refractivity contribution is 5.96. The molecule has 284 valence electrons. The number of Topliss-reactive ketones (excluding diaryl/α,β-unsaturated/α-hetero) is 1. The van der Waals surface area contributed by atoms with E-state index in [9.17, 15) is 67.1 Å². The molecular weight excluding hydrogens is 732 g/mol. The number of alkyl halides is 12. The van der Waals surface area contributed by atoms with Gasteiger partial charge in [0.2, 0.25) is 0 Å². The highest BCUT2D eigenvalue weighted by Gasteiger charge is 2.62. The Morgan fingerprint density at radius 2 is 0.846 bits per heavy atom. The van der Waals surface area contributed by atoms with Crippen LogP contribution in [-0.4, -0.2) is 67.2 Å². The summed E-state index contributed by atoms with van der Waals surface area (Å²) >= 11 is 0. The monoisotopic (exact) mass is 760 g/mol. The van der Waals surface area contributed by atoms with Gasteiger partial charge in [0.15, 0.2) is 5.78 Å². The number of hydrogen-bond acceptors (Lipinski definition) is 5. The highest BCUT2D eigenvalue weighted by Crippen LogP contribution is 2.49. The average Bonchev–Trinajstić information content (AvgIpc) is 3.01. The van der Waals surface area contributed by atoms with E-state index in [4.69, 9.17) is 9.47 Å². The lowest BCUT2D eigenvalue weighted by Gasteiger charge is -2.56. The molecule has 0 spiro atoms. The number of amides is 2. The van der Waals surface area contributed by atoms with E-state index in [2.05, 4.69) is 13.2 Å². The van der Waals surface area contributed by atoms with Crippen LogP contribution in [0.1, 0.15) is 33.4 Å². The summed E-state index contributed by atoms with van der Waals surface area (Å²) in [5, 5.41) is 0. The molecule has 7 nitrogen and oxygen atoms in total. The van der Waals surface area contributed by atoms with Crippen molar-refractivity contribution >= 4 is 18.0 Å². The lowest BCUT2D eigenvalue weighted by molar-refractivity contribution is -0.158. The third kappa shape index (κ3) is 8.66. The molecule has 0 N–H and O–H groups in total. The van der Waals surface area contributed by atoms with E-state index in [0.29, 0.717) is 24.3 Å². The van der Waals surface area contributed by atoms with E-state index in [1.54, 1.807) is 0 Å². The van der Waals surface area contributed by atoms with Crippen molar-refractivity contribution < 1.29 is 76.5 Å². The number of halogens is 12. The van der Waals surface area contributed by atoms with Gasteiger partial charge in [0, 0.05) is 26.2 Å².